The number of hydrogen-bond acceptors (Lipinski definition) is 5. The molecule has 1 aliphatic carbocycles. The molecule has 1 fully saturated rings. The molecule has 0 aliphatic heterocycles. The number of para-hydroxylation sites is 1. The molecule has 0 atom stereocenters. The van der Waals surface area contributed by atoms with Gasteiger partial charge in [-0.05, 0) is 31.4 Å². The second-order valence-electron chi connectivity index (χ2n) is 5.40. The number of hydrogen-bond donors (Lipinski definition) is 3. The molecule has 110 valence electrons. The minimum Gasteiger partial charge on any atom is -0.396 e. The van der Waals surface area contributed by atoms with Gasteiger partial charge in [-0.15, -0.1) is 0 Å². The molecule has 0 saturated heterocycles. The van der Waals surface area contributed by atoms with Crippen molar-refractivity contribution in [3.05, 3.63) is 28.3 Å². The van der Waals surface area contributed by atoms with E-state index in [-0.39, 0.29) is 22.6 Å². The van der Waals surface area contributed by atoms with Gasteiger partial charge in [0.25, 0.3) is 0 Å². The number of aliphatic hydroxyl groups is 1. The van der Waals surface area contributed by atoms with E-state index >= 15 is 0 Å². The van der Waals surface area contributed by atoms with Gasteiger partial charge in [0, 0.05) is 18.5 Å². The van der Waals surface area contributed by atoms with E-state index in [0.717, 1.165) is 19.3 Å². The molecule has 2 rings (SSSR count). The van der Waals surface area contributed by atoms with Crippen molar-refractivity contribution in [1.82, 2.24) is 0 Å². The molecule has 0 spiro atoms. The zero-order chi connectivity index (χ0) is 14.6. The van der Waals surface area contributed by atoms with Crippen molar-refractivity contribution in [1.29, 1.82) is 0 Å². The lowest BCUT2D eigenvalue weighted by molar-refractivity contribution is -0.383. The normalized spacial score (nSPS) is 15.7. The van der Waals surface area contributed by atoms with Crippen LogP contribution in [-0.4, -0.2) is 29.7 Å². The number of aliphatic hydroxyl groups excluding tert-OH is 1. The average Bonchev–Trinajstić information content (AvgIpc) is 3.23. The van der Waals surface area contributed by atoms with Crippen LogP contribution < -0.4 is 10.6 Å². The molecular weight excluding hydrogens is 258 g/mol. The van der Waals surface area contributed by atoms with Crippen molar-refractivity contribution in [3.63, 3.8) is 0 Å². The number of nitrogens with zero attached hydrogens (tertiary/aromatic N) is 1. The Morgan fingerprint density at radius 3 is 2.50 bits per heavy atom. The summed E-state index contributed by atoms with van der Waals surface area (Å²) in [6.07, 6.45) is 2.85. The third-order valence-corrected chi connectivity index (χ3v) is 3.73. The van der Waals surface area contributed by atoms with Crippen LogP contribution in [0.1, 0.15) is 26.2 Å². The van der Waals surface area contributed by atoms with Crippen LogP contribution in [0.25, 0.3) is 0 Å². The Bertz CT molecular complexity index is 487. The molecule has 6 nitrogen and oxygen atoms in total. The standard InChI is InChI=1S/C14H21N3O3/c1-2-8-15-11-4-3-5-12(13(11)17(19)20)16-9-14(10-18)6-7-14/h3-5,15-16,18H,2,6-10H2,1H3. The topological polar surface area (TPSA) is 87.4 Å². The average molecular weight is 279 g/mol. The Balaban J connectivity index is 2.16. The molecule has 0 aromatic heterocycles. The summed E-state index contributed by atoms with van der Waals surface area (Å²) in [5.74, 6) is 0. The van der Waals surface area contributed by atoms with Crippen molar-refractivity contribution < 1.29 is 10.0 Å². The maximum absolute atomic E-state index is 11.3. The van der Waals surface area contributed by atoms with Crippen LogP contribution in [0.5, 0.6) is 0 Å². The molecule has 0 heterocycles. The first-order valence-electron chi connectivity index (χ1n) is 6.98. The summed E-state index contributed by atoms with van der Waals surface area (Å²) in [5, 5.41) is 26.8. The quantitative estimate of drug-likeness (QED) is 0.503. The molecule has 1 aromatic carbocycles. The highest BCUT2D eigenvalue weighted by Gasteiger charge is 2.42. The van der Waals surface area contributed by atoms with Crippen molar-refractivity contribution in [2.45, 2.75) is 26.2 Å². The zero-order valence-electron chi connectivity index (χ0n) is 11.7. The highest BCUT2D eigenvalue weighted by Crippen LogP contribution is 2.45. The molecule has 3 N–H and O–H groups in total. The van der Waals surface area contributed by atoms with Crippen molar-refractivity contribution in [2.24, 2.45) is 5.41 Å². The lowest BCUT2D eigenvalue weighted by Gasteiger charge is -2.15. The Morgan fingerprint density at radius 1 is 1.35 bits per heavy atom. The second-order valence-corrected chi connectivity index (χ2v) is 5.40. The van der Waals surface area contributed by atoms with Crippen LogP contribution in [0, 0.1) is 15.5 Å². The van der Waals surface area contributed by atoms with Crippen molar-refractivity contribution in [2.75, 3.05) is 30.3 Å². The molecule has 1 aliphatic rings. The third-order valence-electron chi connectivity index (χ3n) is 3.73. The lowest BCUT2D eigenvalue weighted by atomic mass is 10.1. The Hall–Kier alpha value is -1.82. The maximum atomic E-state index is 11.3. The summed E-state index contributed by atoms with van der Waals surface area (Å²) in [4.78, 5) is 10.9. The van der Waals surface area contributed by atoms with Crippen LogP contribution in [0.3, 0.4) is 0 Å². The first kappa shape index (κ1) is 14.6. The number of benzene rings is 1. The first-order chi connectivity index (χ1) is 9.62. The zero-order valence-corrected chi connectivity index (χ0v) is 11.7. The van der Waals surface area contributed by atoms with Crippen LogP contribution in [0.15, 0.2) is 18.2 Å². The predicted octanol–water partition coefficient (Wildman–Crippen LogP) is 2.60. The molecular formula is C14H21N3O3. The fraction of sp³-hybridized carbons (Fsp3) is 0.571. The molecule has 1 aromatic rings. The van der Waals surface area contributed by atoms with Gasteiger partial charge in [0.15, 0.2) is 0 Å². The number of nitro groups is 1. The lowest BCUT2D eigenvalue weighted by Crippen LogP contribution is -2.19. The van der Waals surface area contributed by atoms with Crippen molar-refractivity contribution >= 4 is 17.1 Å². The third kappa shape index (κ3) is 3.19. The van der Waals surface area contributed by atoms with E-state index in [9.17, 15) is 15.2 Å². The van der Waals surface area contributed by atoms with Gasteiger partial charge in [-0.1, -0.05) is 13.0 Å². The summed E-state index contributed by atoms with van der Waals surface area (Å²) in [6.45, 7) is 3.41. The van der Waals surface area contributed by atoms with Gasteiger partial charge in [-0.3, -0.25) is 10.1 Å². The number of rotatable bonds is 8. The summed E-state index contributed by atoms with van der Waals surface area (Å²) in [7, 11) is 0. The van der Waals surface area contributed by atoms with Crippen LogP contribution in [0.2, 0.25) is 0 Å². The van der Waals surface area contributed by atoms with E-state index in [1.807, 2.05) is 6.92 Å². The first-order valence-corrected chi connectivity index (χ1v) is 6.98. The molecule has 0 bridgehead atoms. The van der Waals surface area contributed by atoms with Gasteiger partial charge in [-0.25, -0.2) is 0 Å². The number of anilines is 2. The SMILES string of the molecule is CCCNc1cccc(NCC2(CO)CC2)c1[N+](=O)[O-]. The fourth-order valence-electron chi connectivity index (χ4n) is 2.14. The highest BCUT2D eigenvalue weighted by molar-refractivity contribution is 5.76. The van der Waals surface area contributed by atoms with Crippen LogP contribution >= 0.6 is 0 Å². The largest absolute Gasteiger partial charge is 0.396 e. The van der Waals surface area contributed by atoms with E-state index in [1.54, 1.807) is 18.2 Å². The van der Waals surface area contributed by atoms with Gasteiger partial charge in [-0.2, -0.15) is 0 Å². The predicted molar refractivity (Wildman–Crippen MR) is 79.1 cm³/mol. The monoisotopic (exact) mass is 279 g/mol. The van der Waals surface area contributed by atoms with Gasteiger partial charge >= 0.3 is 5.69 Å². The minimum absolute atomic E-state index is 0.0784. The maximum Gasteiger partial charge on any atom is 0.315 e. The second kappa shape index (κ2) is 6.09. The van der Waals surface area contributed by atoms with Crippen LogP contribution in [0.4, 0.5) is 17.1 Å². The molecule has 0 unspecified atom stereocenters. The summed E-state index contributed by atoms with van der Waals surface area (Å²) < 4.78 is 0. The van der Waals surface area contributed by atoms with E-state index in [4.69, 9.17) is 0 Å². The fourth-order valence-corrected chi connectivity index (χ4v) is 2.14. The highest BCUT2D eigenvalue weighted by atomic mass is 16.6. The van der Waals surface area contributed by atoms with Crippen LogP contribution in [-0.2, 0) is 0 Å². The molecule has 1 saturated carbocycles. The molecule has 6 heteroatoms. The Labute approximate surface area is 118 Å². The minimum atomic E-state index is -0.362. The molecule has 0 amide bonds. The van der Waals surface area contributed by atoms with E-state index in [0.29, 0.717) is 24.5 Å². The van der Waals surface area contributed by atoms with E-state index in [2.05, 4.69) is 10.6 Å². The summed E-state index contributed by atoms with van der Waals surface area (Å²) in [5.41, 5.74) is 1.04. The van der Waals surface area contributed by atoms with Gasteiger partial charge < -0.3 is 15.7 Å². The van der Waals surface area contributed by atoms with Gasteiger partial charge in [0.05, 0.1) is 11.5 Å². The van der Waals surface area contributed by atoms with Crippen molar-refractivity contribution in [3.8, 4) is 0 Å². The summed E-state index contributed by atoms with van der Waals surface area (Å²) >= 11 is 0. The molecule has 0 radical (unpaired) electrons. The number of nitrogens with one attached hydrogen (secondary N) is 2. The number of nitro benzene ring substituents is 1. The smallest absolute Gasteiger partial charge is 0.315 e. The van der Waals surface area contributed by atoms with E-state index in [1.165, 1.54) is 0 Å². The Morgan fingerprint density at radius 2 is 2.00 bits per heavy atom. The van der Waals surface area contributed by atoms with E-state index < -0.39 is 0 Å². The van der Waals surface area contributed by atoms with Gasteiger partial charge in [0.2, 0.25) is 0 Å². The summed E-state index contributed by atoms with van der Waals surface area (Å²) in [6, 6.07) is 5.23. The van der Waals surface area contributed by atoms with Gasteiger partial charge in [0.1, 0.15) is 11.4 Å². The molecule has 20 heavy (non-hydrogen) atoms. The Kier molecular flexibility index (Phi) is 4.44.